The summed E-state index contributed by atoms with van der Waals surface area (Å²) >= 11 is 6.00. The Morgan fingerprint density at radius 2 is 2.05 bits per heavy atom. The molecule has 6 heteroatoms. The Morgan fingerprint density at radius 3 is 2.80 bits per heavy atom. The molecular formula is C14H16ClN3O2. The van der Waals surface area contributed by atoms with Crippen LogP contribution in [0, 0.1) is 0 Å². The number of ether oxygens (including phenoxy) is 1. The van der Waals surface area contributed by atoms with Crippen LogP contribution in [0.3, 0.4) is 0 Å². The maximum Gasteiger partial charge on any atom is 0.305 e. The topological polar surface area (TPSA) is 64.1 Å². The van der Waals surface area contributed by atoms with E-state index in [0.29, 0.717) is 37.0 Å². The van der Waals surface area contributed by atoms with Crippen LogP contribution in [-0.2, 0) is 9.53 Å². The minimum atomic E-state index is -0.179. The minimum Gasteiger partial charge on any atom is -0.466 e. The molecule has 20 heavy (non-hydrogen) atoms. The Labute approximate surface area is 122 Å². The molecule has 0 spiro atoms. The van der Waals surface area contributed by atoms with E-state index in [2.05, 4.69) is 15.5 Å². The SMILES string of the molecule is CCOC(=O)CCCNc1nnc(Cl)c2ccccc12. The lowest BCUT2D eigenvalue weighted by Crippen LogP contribution is -2.09. The summed E-state index contributed by atoms with van der Waals surface area (Å²) in [6.07, 6.45) is 1.07. The van der Waals surface area contributed by atoms with Crippen molar-refractivity contribution in [1.29, 1.82) is 0 Å². The zero-order chi connectivity index (χ0) is 14.4. The van der Waals surface area contributed by atoms with Gasteiger partial charge in [-0.25, -0.2) is 0 Å². The predicted molar refractivity (Wildman–Crippen MR) is 78.9 cm³/mol. The van der Waals surface area contributed by atoms with E-state index in [4.69, 9.17) is 16.3 Å². The van der Waals surface area contributed by atoms with Crippen molar-refractivity contribution in [2.45, 2.75) is 19.8 Å². The van der Waals surface area contributed by atoms with Crippen molar-refractivity contribution >= 4 is 34.2 Å². The first-order valence-electron chi connectivity index (χ1n) is 6.52. The van der Waals surface area contributed by atoms with Crippen LogP contribution in [0.1, 0.15) is 19.8 Å². The average molecular weight is 294 g/mol. The van der Waals surface area contributed by atoms with E-state index in [9.17, 15) is 4.79 Å². The maximum absolute atomic E-state index is 11.2. The van der Waals surface area contributed by atoms with Gasteiger partial charge in [-0.3, -0.25) is 4.79 Å². The summed E-state index contributed by atoms with van der Waals surface area (Å²) in [5.74, 6) is 0.496. The first kappa shape index (κ1) is 14.5. The van der Waals surface area contributed by atoms with Crippen LogP contribution in [0.25, 0.3) is 10.8 Å². The number of carbonyl (C=O) groups is 1. The Balaban J connectivity index is 1.97. The number of fused-ring (bicyclic) bond motifs is 1. The van der Waals surface area contributed by atoms with E-state index < -0.39 is 0 Å². The third-order valence-corrected chi connectivity index (χ3v) is 3.08. The lowest BCUT2D eigenvalue weighted by molar-refractivity contribution is -0.143. The summed E-state index contributed by atoms with van der Waals surface area (Å²) in [5.41, 5.74) is 0. The van der Waals surface area contributed by atoms with Gasteiger partial charge in [0.25, 0.3) is 0 Å². The third-order valence-electron chi connectivity index (χ3n) is 2.80. The fourth-order valence-corrected chi connectivity index (χ4v) is 2.08. The second-order valence-electron chi connectivity index (χ2n) is 4.22. The summed E-state index contributed by atoms with van der Waals surface area (Å²) in [6, 6.07) is 7.66. The number of esters is 1. The van der Waals surface area contributed by atoms with Crippen LogP contribution in [0.4, 0.5) is 5.82 Å². The van der Waals surface area contributed by atoms with Gasteiger partial charge in [-0.15, -0.1) is 10.2 Å². The predicted octanol–water partition coefficient (Wildman–Crippen LogP) is 3.04. The van der Waals surface area contributed by atoms with Gasteiger partial charge in [-0.05, 0) is 13.3 Å². The van der Waals surface area contributed by atoms with Gasteiger partial charge in [0.1, 0.15) is 0 Å². The van der Waals surface area contributed by atoms with Gasteiger partial charge >= 0.3 is 5.97 Å². The first-order valence-corrected chi connectivity index (χ1v) is 6.90. The van der Waals surface area contributed by atoms with Crippen molar-refractivity contribution in [2.75, 3.05) is 18.5 Å². The standard InChI is InChI=1S/C14H16ClN3O2/c1-2-20-12(19)8-5-9-16-14-11-7-4-3-6-10(11)13(15)17-18-14/h3-4,6-7H,2,5,8-9H2,1H3,(H,16,18). The van der Waals surface area contributed by atoms with Crippen molar-refractivity contribution in [1.82, 2.24) is 10.2 Å². The van der Waals surface area contributed by atoms with Crippen molar-refractivity contribution in [3.63, 3.8) is 0 Å². The fraction of sp³-hybridized carbons (Fsp3) is 0.357. The zero-order valence-electron chi connectivity index (χ0n) is 11.2. The monoisotopic (exact) mass is 293 g/mol. The third kappa shape index (κ3) is 3.57. The van der Waals surface area contributed by atoms with Gasteiger partial charge in [0.05, 0.1) is 6.61 Å². The van der Waals surface area contributed by atoms with Crippen molar-refractivity contribution < 1.29 is 9.53 Å². The molecule has 0 saturated heterocycles. The molecule has 0 unspecified atom stereocenters. The lowest BCUT2D eigenvalue weighted by Gasteiger charge is -2.08. The molecule has 0 bridgehead atoms. The second-order valence-corrected chi connectivity index (χ2v) is 4.58. The number of nitrogens with zero attached hydrogens (tertiary/aromatic N) is 2. The highest BCUT2D eigenvalue weighted by molar-refractivity contribution is 6.34. The molecule has 1 aromatic heterocycles. The Hall–Kier alpha value is -1.88. The van der Waals surface area contributed by atoms with Gasteiger partial charge in [-0.2, -0.15) is 0 Å². The first-order chi connectivity index (χ1) is 9.72. The number of aromatic nitrogens is 2. The summed E-state index contributed by atoms with van der Waals surface area (Å²) in [7, 11) is 0. The number of nitrogens with one attached hydrogen (secondary N) is 1. The zero-order valence-corrected chi connectivity index (χ0v) is 12.0. The smallest absolute Gasteiger partial charge is 0.305 e. The fourth-order valence-electron chi connectivity index (χ4n) is 1.87. The summed E-state index contributed by atoms with van der Waals surface area (Å²) in [6.45, 7) is 2.84. The number of halogens is 1. The van der Waals surface area contributed by atoms with Gasteiger partial charge in [0.2, 0.25) is 0 Å². The molecule has 0 atom stereocenters. The van der Waals surface area contributed by atoms with E-state index in [-0.39, 0.29) is 5.97 Å². The molecule has 0 fully saturated rings. The average Bonchev–Trinajstić information content (AvgIpc) is 2.46. The lowest BCUT2D eigenvalue weighted by atomic mass is 10.2. The molecule has 106 valence electrons. The van der Waals surface area contributed by atoms with E-state index in [1.807, 2.05) is 24.3 Å². The summed E-state index contributed by atoms with van der Waals surface area (Å²) < 4.78 is 4.87. The van der Waals surface area contributed by atoms with E-state index in [0.717, 1.165) is 10.8 Å². The number of hydrogen-bond donors (Lipinski definition) is 1. The summed E-state index contributed by atoms with van der Waals surface area (Å²) in [4.78, 5) is 11.2. The van der Waals surface area contributed by atoms with Gasteiger partial charge in [-0.1, -0.05) is 35.9 Å². The van der Waals surface area contributed by atoms with Crippen molar-refractivity contribution in [3.05, 3.63) is 29.4 Å². The molecular weight excluding hydrogens is 278 g/mol. The Kier molecular flexibility index (Phi) is 5.12. The molecule has 0 aliphatic heterocycles. The van der Waals surface area contributed by atoms with Crippen molar-refractivity contribution in [2.24, 2.45) is 0 Å². The molecule has 1 N–H and O–H groups in total. The Morgan fingerprint density at radius 1 is 1.30 bits per heavy atom. The van der Waals surface area contributed by atoms with Crippen LogP contribution in [0.5, 0.6) is 0 Å². The largest absolute Gasteiger partial charge is 0.466 e. The van der Waals surface area contributed by atoms with Crippen LogP contribution >= 0.6 is 11.6 Å². The quantitative estimate of drug-likeness (QED) is 0.655. The molecule has 0 amide bonds. The molecule has 1 aromatic carbocycles. The molecule has 5 nitrogen and oxygen atoms in total. The highest BCUT2D eigenvalue weighted by Crippen LogP contribution is 2.25. The molecule has 0 aliphatic rings. The Bertz CT molecular complexity index is 604. The summed E-state index contributed by atoms with van der Waals surface area (Å²) in [5, 5.41) is 13.3. The molecule has 1 heterocycles. The number of benzene rings is 1. The number of anilines is 1. The van der Waals surface area contributed by atoms with Crippen LogP contribution in [0.2, 0.25) is 5.15 Å². The molecule has 2 rings (SSSR count). The van der Waals surface area contributed by atoms with Crippen LogP contribution < -0.4 is 5.32 Å². The maximum atomic E-state index is 11.2. The van der Waals surface area contributed by atoms with E-state index in [1.54, 1.807) is 6.92 Å². The van der Waals surface area contributed by atoms with Gasteiger partial charge in [0, 0.05) is 23.7 Å². The molecule has 2 aromatic rings. The second kappa shape index (κ2) is 7.05. The van der Waals surface area contributed by atoms with Crippen LogP contribution in [0.15, 0.2) is 24.3 Å². The number of hydrogen-bond acceptors (Lipinski definition) is 5. The van der Waals surface area contributed by atoms with E-state index >= 15 is 0 Å². The van der Waals surface area contributed by atoms with Crippen LogP contribution in [-0.4, -0.2) is 29.3 Å². The molecule has 0 radical (unpaired) electrons. The van der Waals surface area contributed by atoms with E-state index in [1.165, 1.54) is 0 Å². The highest BCUT2D eigenvalue weighted by Gasteiger charge is 2.07. The number of rotatable bonds is 6. The molecule has 0 saturated carbocycles. The van der Waals surface area contributed by atoms with Crippen molar-refractivity contribution in [3.8, 4) is 0 Å². The minimum absolute atomic E-state index is 0.179. The molecule has 0 aliphatic carbocycles. The van der Waals surface area contributed by atoms with Gasteiger partial charge < -0.3 is 10.1 Å². The number of carbonyl (C=O) groups excluding carboxylic acids is 1. The highest BCUT2D eigenvalue weighted by atomic mass is 35.5. The normalized spacial score (nSPS) is 10.5. The van der Waals surface area contributed by atoms with Gasteiger partial charge in [0.15, 0.2) is 11.0 Å².